The van der Waals surface area contributed by atoms with Crippen LogP contribution in [0.1, 0.15) is 51.6 Å². The third-order valence-electron chi connectivity index (χ3n) is 3.32. The van der Waals surface area contributed by atoms with Gasteiger partial charge in [-0.05, 0) is 38.3 Å². The smallest absolute Gasteiger partial charge is 0.291 e. The second-order valence-electron chi connectivity index (χ2n) is 4.98. The minimum atomic E-state index is -0.684. The van der Waals surface area contributed by atoms with Gasteiger partial charge in [-0.25, -0.2) is 0 Å². The molecule has 0 aliphatic carbocycles. The highest BCUT2D eigenvalue weighted by atomic mass is 16.4. The van der Waals surface area contributed by atoms with E-state index in [9.17, 15) is 14.7 Å². The van der Waals surface area contributed by atoms with E-state index in [2.05, 4.69) is 18.2 Å². The molecule has 152 valence electrons. The molecule has 0 saturated carbocycles. The third kappa shape index (κ3) is 10.0. The summed E-state index contributed by atoms with van der Waals surface area (Å²) >= 11 is 0. The molecular formula is C23H31NO4. The van der Waals surface area contributed by atoms with Gasteiger partial charge in [0.05, 0.1) is 6.26 Å². The van der Waals surface area contributed by atoms with Gasteiger partial charge in [-0.1, -0.05) is 50.3 Å². The maximum atomic E-state index is 12.0. The van der Waals surface area contributed by atoms with Crippen LogP contribution in [0.2, 0.25) is 0 Å². The molecule has 1 rings (SSSR count). The summed E-state index contributed by atoms with van der Waals surface area (Å²) in [7, 11) is 0. The second kappa shape index (κ2) is 17.2. The van der Waals surface area contributed by atoms with E-state index in [0.717, 1.165) is 24.3 Å². The van der Waals surface area contributed by atoms with Gasteiger partial charge in [0.2, 0.25) is 16.9 Å². The van der Waals surface area contributed by atoms with Crippen LogP contribution in [0.4, 0.5) is 0 Å². The van der Waals surface area contributed by atoms with Crippen LogP contribution in [0, 0.1) is 12.8 Å². The minimum absolute atomic E-state index is 0.263. The molecule has 0 fully saturated rings. The molecule has 5 heteroatoms. The number of carbonyl (C=O) groups is 1. The third-order valence-corrected chi connectivity index (χ3v) is 3.32. The van der Waals surface area contributed by atoms with Gasteiger partial charge in [-0.3, -0.25) is 9.59 Å². The summed E-state index contributed by atoms with van der Waals surface area (Å²) in [6, 6.07) is 1.05. The van der Waals surface area contributed by atoms with Crippen molar-refractivity contribution in [2.75, 3.05) is 6.54 Å². The topological polar surface area (TPSA) is 79.5 Å². The van der Waals surface area contributed by atoms with E-state index >= 15 is 0 Å². The quantitative estimate of drug-likeness (QED) is 0.524. The van der Waals surface area contributed by atoms with Crippen molar-refractivity contribution in [1.82, 2.24) is 5.32 Å². The molecule has 2 N–H and O–H groups in total. The summed E-state index contributed by atoms with van der Waals surface area (Å²) in [5.74, 6) is -1.70. The zero-order valence-corrected chi connectivity index (χ0v) is 17.4. The molecule has 1 heterocycles. The molecule has 0 atom stereocenters. The molecule has 0 aliphatic heterocycles. The maximum absolute atomic E-state index is 12.0. The van der Waals surface area contributed by atoms with Crippen molar-refractivity contribution >= 4 is 5.91 Å². The monoisotopic (exact) mass is 385 g/mol. The van der Waals surface area contributed by atoms with Crippen LogP contribution in [0.5, 0.6) is 5.75 Å². The number of aromatic hydroxyl groups is 1. The summed E-state index contributed by atoms with van der Waals surface area (Å²) in [6.45, 7) is 10.1. The number of hydrogen-bond donors (Lipinski definition) is 2. The highest BCUT2D eigenvalue weighted by Crippen LogP contribution is 2.10. The normalized spacial score (nSPS) is 11.4. The molecule has 1 aromatic rings. The summed E-state index contributed by atoms with van der Waals surface area (Å²) in [5.41, 5.74) is 1.45. The van der Waals surface area contributed by atoms with Crippen LogP contribution >= 0.6 is 0 Å². The van der Waals surface area contributed by atoms with Gasteiger partial charge in [0, 0.05) is 12.6 Å². The zero-order valence-electron chi connectivity index (χ0n) is 17.4. The van der Waals surface area contributed by atoms with Crippen LogP contribution in [0.3, 0.4) is 0 Å². The number of rotatable bonds is 7. The Bertz CT molecular complexity index is 777. The Balaban J connectivity index is 0. The van der Waals surface area contributed by atoms with Gasteiger partial charge in [0.15, 0.2) is 0 Å². The fourth-order valence-electron chi connectivity index (χ4n) is 1.93. The lowest BCUT2D eigenvalue weighted by atomic mass is 10.1. The lowest BCUT2D eigenvalue weighted by molar-refractivity contribution is 0.0922. The van der Waals surface area contributed by atoms with Crippen LogP contribution in [0.15, 0.2) is 69.1 Å². The summed E-state index contributed by atoms with van der Waals surface area (Å²) in [4.78, 5) is 23.3. The minimum Gasteiger partial charge on any atom is -0.501 e. The Labute approximate surface area is 168 Å². The summed E-state index contributed by atoms with van der Waals surface area (Å²) in [6.07, 6.45) is 21.8. The van der Waals surface area contributed by atoms with Gasteiger partial charge in [-0.2, -0.15) is 0 Å². The Morgan fingerprint density at radius 2 is 1.75 bits per heavy atom. The molecular weight excluding hydrogens is 354 g/mol. The first-order chi connectivity index (χ1) is 13.5. The summed E-state index contributed by atoms with van der Waals surface area (Å²) < 4.78 is 4.91. The molecule has 1 aromatic heterocycles. The van der Waals surface area contributed by atoms with Crippen molar-refractivity contribution in [3.05, 3.63) is 75.9 Å². The number of terminal acetylenes is 1. The molecule has 5 nitrogen and oxygen atoms in total. The van der Waals surface area contributed by atoms with Crippen molar-refractivity contribution in [3.8, 4) is 18.6 Å². The first-order valence-electron chi connectivity index (χ1n) is 9.05. The van der Waals surface area contributed by atoms with E-state index in [4.69, 9.17) is 4.42 Å². The maximum Gasteiger partial charge on any atom is 0.291 e. The molecule has 0 unspecified atom stereocenters. The second-order valence-corrected chi connectivity index (χ2v) is 4.98. The molecule has 0 aromatic carbocycles. The Morgan fingerprint density at radius 3 is 2.29 bits per heavy atom. The predicted molar refractivity (Wildman–Crippen MR) is 116 cm³/mol. The highest BCUT2D eigenvalue weighted by molar-refractivity contribution is 5.93. The highest BCUT2D eigenvalue weighted by Gasteiger charge is 2.16. The van der Waals surface area contributed by atoms with Crippen molar-refractivity contribution < 1.29 is 14.3 Å². The van der Waals surface area contributed by atoms with Crippen molar-refractivity contribution in [2.24, 2.45) is 0 Å². The van der Waals surface area contributed by atoms with E-state index < -0.39 is 17.1 Å². The number of allylic oxidation sites excluding steroid dienone is 6. The van der Waals surface area contributed by atoms with E-state index in [1.54, 1.807) is 0 Å². The van der Waals surface area contributed by atoms with Crippen molar-refractivity contribution in [2.45, 2.75) is 41.0 Å². The Kier molecular flexibility index (Phi) is 16.5. The Hall–Kier alpha value is -3.26. The number of hydrogen-bond acceptors (Lipinski definition) is 4. The van der Waals surface area contributed by atoms with Crippen LogP contribution in [-0.4, -0.2) is 17.6 Å². The van der Waals surface area contributed by atoms with E-state index in [1.165, 1.54) is 5.57 Å². The molecule has 0 aliphatic rings. The van der Waals surface area contributed by atoms with Crippen molar-refractivity contribution in [1.29, 1.82) is 0 Å². The van der Waals surface area contributed by atoms with Gasteiger partial charge in [-0.15, -0.1) is 12.8 Å². The van der Waals surface area contributed by atoms with Gasteiger partial charge in [0.25, 0.3) is 5.91 Å². The molecule has 0 saturated heterocycles. The molecule has 0 radical (unpaired) electrons. The van der Waals surface area contributed by atoms with Crippen LogP contribution in [0.25, 0.3) is 0 Å². The number of carbonyl (C=O) groups excluding carboxylic acids is 1. The van der Waals surface area contributed by atoms with Crippen LogP contribution < -0.4 is 10.7 Å². The van der Waals surface area contributed by atoms with E-state index in [0.29, 0.717) is 0 Å². The average Bonchev–Trinajstić information content (AvgIpc) is 2.74. The van der Waals surface area contributed by atoms with Gasteiger partial charge >= 0.3 is 0 Å². The largest absolute Gasteiger partial charge is 0.501 e. The van der Waals surface area contributed by atoms with E-state index in [1.807, 2.05) is 71.1 Å². The first-order valence-corrected chi connectivity index (χ1v) is 9.05. The summed E-state index contributed by atoms with van der Waals surface area (Å²) in [5, 5.41) is 12.2. The SMILES string of the molecule is C#C.C/C=C\C(=C/C)C/C=C\C(=C/C)CNC(=O)c1occc(=O)c1O.CC. The molecule has 0 spiro atoms. The standard InChI is InChI=1S/C19H23NO4.C2H6.C2H2/c1-4-8-14(5-2)9-7-10-15(6-3)13-20-19(23)18-17(22)16(21)11-12-24-18;2*1-2/h4-8,10-12,22H,9,13H2,1-3H3,(H,20,23);1-2H3;1-2H/b8-4-,10-7-,14-5+,15-6+;;. The Morgan fingerprint density at radius 1 is 1.14 bits per heavy atom. The van der Waals surface area contributed by atoms with E-state index in [-0.39, 0.29) is 12.3 Å². The number of amides is 1. The van der Waals surface area contributed by atoms with Crippen LogP contribution in [-0.2, 0) is 0 Å². The lowest BCUT2D eigenvalue weighted by Gasteiger charge is -2.06. The lowest BCUT2D eigenvalue weighted by Crippen LogP contribution is -2.26. The predicted octanol–water partition coefficient (Wildman–Crippen LogP) is 4.77. The fourth-order valence-corrected chi connectivity index (χ4v) is 1.93. The molecule has 28 heavy (non-hydrogen) atoms. The zero-order chi connectivity index (χ0) is 21.9. The molecule has 0 bridgehead atoms. The average molecular weight is 386 g/mol. The molecule has 1 amide bonds. The van der Waals surface area contributed by atoms with Gasteiger partial charge in [0.1, 0.15) is 0 Å². The van der Waals surface area contributed by atoms with Crippen molar-refractivity contribution in [3.63, 3.8) is 0 Å². The fraction of sp³-hybridized carbons (Fsp3) is 0.304. The number of nitrogens with one attached hydrogen (secondary N) is 1. The first kappa shape index (κ1) is 27.0. The van der Waals surface area contributed by atoms with Gasteiger partial charge < -0.3 is 14.8 Å².